The number of ether oxygens (including phenoxy) is 1. The summed E-state index contributed by atoms with van der Waals surface area (Å²) in [5.41, 5.74) is -0.661. The second kappa shape index (κ2) is 10.5. The highest BCUT2D eigenvalue weighted by atomic mass is 32.2. The Bertz CT molecular complexity index is 635. The summed E-state index contributed by atoms with van der Waals surface area (Å²) >= 11 is 1.47. The zero-order valence-electron chi connectivity index (χ0n) is 18.4. The van der Waals surface area contributed by atoms with Crippen molar-refractivity contribution in [2.45, 2.75) is 83.2 Å². The van der Waals surface area contributed by atoms with Crippen molar-refractivity contribution in [2.24, 2.45) is 17.8 Å². The number of hydrogen-bond acceptors (Lipinski definition) is 4. The Morgan fingerprint density at radius 2 is 2.04 bits per heavy atom. The Kier molecular flexibility index (Phi) is 8.69. The van der Waals surface area contributed by atoms with E-state index < -0.39 is 5.54 Å². The Labute approximate surface area is 175 Å². The molecule has 2 rings (SSSR count). The summed E-state index contributed by atoms with van der Waals surface area (Å²) < 4.78 is 8.61. The molecule has 4 unspecified atom stereocenters. The lowest BCUT2D eigenvalue weighted by atomic mass is 9.71. The molecule has 0 radical (unpaired) electrons. The maximum absolute atomic E-state index is 13.0. The molecule has 4 nitrogen and oxygen atoms in total. The molecule has 1 aliphatic rings. The van der Waals surface area contributed by atoms with Gasteiger partial charge in [-0.25, -0.2) is 4.72 Å². The largest absolute Gasteiger partial charge is 0.497 e. The van der Waals surface area contributed by atoms with E-state index in [2.05, 4.69) is 30.8 Å². The normalized spacial score (nSPS) is 23.9. The summed E-state index contributed by atoms with van der Waals surface area (Å²) in [6.45, 7) is 10.7. The van der Waals surface area contributed by atoms with Gasteiger partial charge in [-0.2, -0.15) is 0 Å². The third-order valence-corrected chi connectivity index (χ3v) is 7.11. The molecule has 1 aliphatic carbocycles. The van der Waals surface area contributed by atoms with E-state index in [1.165, 1.54) is 37.6 Å². The van der Waals surface area contributed by atoms with Crippen molar-refractivity contribution in [1.82, 2.24) is 10.0 Å². The molecule has 0 aliphatic heterocycles. The molecule has 2 N–H and O–H groups in total. The van der Waals surface area contributed by atoms with Gasteiger partial charge in [0.15, 0.2) is 0 Å². The fourth-order valence-electron chi connectivity index (χ4n) is 4.26. The molecular formula is C23H38N2O2S. The average Bonchev–Trinajstić information content (AvgIpc) is 2.69. The van der Waals surface area contributed by atoms with Gasteiger partial charge < -0.3 is 10.1 Å². The third kappa shape index (κ3) is 6.41. The Balaban J connectivity index is 1.95. The number of nitrogens with one attached hydrogen (secondary N) is 2. The van der Waals surface area contributed by atoms with Crippen molar-refractivity contribution in [3.63, 3.8) is 0 Å². The van der Waals surface area contributed by atoms with Crippen molar-refractivity contribution in [3.8, 4) is 5.75 Å². The predicted octanol–water partition coefficient (Wildman–Crippen LogP) is 5.43. The van der Waals surface area contributed by atoms with E-state index in [0.717, 1.165) is 28.9 Å². The van der Waals surface area contributed by atoms with Gasteiger partial charge in [-0.1, -0.05) is 33.3 Å². The molecule has 1 aromatic carbocycles. The highest BCUT2D eigenvalue weighted by Crippen LogP contribution is 2.37. The van der Waals surface area contributed by atoms with Crippen LogP contribution < -0.4 is 14.8 Å². The van der Waals surface area contributed by atoms with Gasteiger partial charge in [-0.15, -0.1) is 0 Å². The fraction of sp³-hybridized carbons (Fsp3) is 0.696. The molecule has 1 amide bonds. The fourth-order valence-corrected chi connectivity index (χ4v) is 5.05. The molecule has 0 saturated heterocycles. The molecule has 1 aromatic rings. The smallest absolute Gasteiger partial charge is 0.240 e. The van der Waals surface area contributed by atoms with Gasteiger partial charge in [0.2, 0.25) is 5.91 Å². The van der Waals surface area contributed by atoms with Gasteiger partial charge in [-0.05, 0) is 87.4 Å². The van der Waals surface area contributed by atoms with E-state index in [-0.39, 0.29) is 11.9 Å². The van der Waals surface area contributed by atoms with E-state index in [0.29, 0.717) is 5.92 Å². The molecular weight excluding hydrogens is 368 g/mol. The van der Waals surface area contributed by atoms with Gasteiger partial charge in [0.1, 0.15) is 11.3 Å². The van der Waals surface area contributed by atoms with Crippen LogP contribution in [-0.2, 0) is 4.79 Å². The maximum atomic E-state index is 13.0. The lowest BCUT2D eigenvalue weighted by molar-refractivity contribution is -0.127. The lowest BCUT2D eigenvalue weighted by Crippen LogP contribution is -2.54. The molecule has 158 valence electrons. The Morgan fingerprint density at radius 1 is 1.29 bits per heavy atom. The van der Waals surface area contributed by atoms with E-state index in [9.17, 15) is 4.79 Å². The Hall–Kier alpha value is -1.20. The van der Waals surface area contributed by atoms with Gasteiger partial charge in [0, 0.05) is 10.9 Å². The third-order valence-electron chi connectivity index (χ3n) is 6.01. The SMILES string of the molecule is CCC1CC(C)CC(C(CC)NC(=O)C(C)(C)NSc2cccc(OC)c2)C1. The monoisotopic (exact) mass is 406 g/mol. The number of amides is 1. The molecule has 0 bridgehead atoms. The highest BCUT2D eigenvalue weighted by Gasteiger charge is 2.34. The minimum Gasteiger partial charge on any atom is -0.497 e. The summed E-state index contributed by atoms with van der Waals surface area (Å²) in [5, 5.41) is 3.36. The standard InChI is InChI=1S/C23H38N2O2S/c1-7-17-12-16(3)13-18(14-17)21(8-2)24-22(26)23(4,5)25-28-20-11-9-10-19(15-20)27-6/h9-11,15-18,21,25H,7-8,12-14H2,1-6H3,(H,24,26). The quantitative estimate of drug-likeness (QED) is 0.537. The molecule has 0 spiro atoms. The van der Waals surface area contributed by atoms with Crippen LogP contribution in [0.2, 0.25) is 0 Å². The van der Waals surface area contributed by atoms with Crippen LogP contribution >= 0.6 is 11.9 Å². The molecule has 4 atom stereocenters. The molecule has 0 aromatic heterocycles. The zero-order chi connectivity index (χ0) is 20.7. The second-order valence-electron chi connectivity index (χ2n) is 8.84. The van der Waals surface area contributed by atoms with Crippen LogP contribution in [0.5, 0.6) is 5.75 Å². The average molecular weight is 407 g/mol. The first-order valence-corrected chi connectivity index (χ1v) is 11.5. The van der Waals surface area contributed by atoms with Gasteiger partial charge >= 0.3 is 0 Å². The lowest BCUT2D eigenvalue weighted by Gasteiger charge is -2.38. The van der Waals surface area contributed by atoms with Gasteiger partial charge in [0.25, 0.3) is 0 Å². The van der Waals surface area contributed by atoms with Crippen molar-refractivity contribution >= 4 is 17.9 Å². The molecule has 1 fully saturated rings. The van der Waals surface area contributed by atoms with E-state index in [1.54, 1.807) is 7.11 Å². The molecule has 5 heteroatoms. The molecule has 1 saturated carbocycles. The Morgan fingerprint density at radius 3 is 2.68 bits per heavy atom. The number of hydrogen-bond donors (Lipinski definition) is 2. The molecule has 28 heavy (non-hydrogen) atoms. The van der Waals surface area contributed by atoms with Crippen LogP contribution in [0, 0.1) is 17.8 Å². The topological polar surface area (TPSA) is 50.4 Å². The van der Waals surface area contributed by atoms with Crippen LogP contribution in [0.4, 0.5) is 0 Å². The summed E-state index contributed by atoms with van der Waals surface area (Å²) in [6, 6.07) is 8.11. The predicted molar refractivity (Wildman–Crippen MR) is 119 cm³/mol. The summed E-state index contributed by atoms with van der Waals surface area (Å²) in [5.74, 6) is 3.03. The van der Waals surface area contributed by atoms with E-state index in [1.807, 2.05) is 38.1 Å². The van der Waals surface area contributed by atoms with Crippen LogP contribution in [0.1, 0.15) is 66.7 Å². The zero-order valence-corrected chi connectivity index (χ0v) is 19.2. The van der Waals surface area contributed by atoms with Crippen molar-refractivity contribution < 1.29 is 9.53 Å². The first-order valence-electron chi connectivity index (χ1n) is 10.7. The van der Waals surface area contributed by atoms with Crippen LogP contribution in [-0.4, -0.2) is 24.6 Å². The minimum atomic E-state index is -0.661. The first-order chi connectivity index (χ1) is 13.3. The van der Waals surface area contributed by atoms with Gasteiger partial charge in [-0.3, -0.25) is 4.79 Å². The minimum absolute atomic E-state index is 0.0704. The number of carbonyl (C=O) groups is 1. The number of rotatable bonds is 9. The number of methoxy groups -OCH3 is 1. The van der Waals surface area contributed by atoms with Crippen LogP contribution in [0.15, 0.2) is 29.2 Å². The number of carbonyl (C=O) groups excluding carboxylic acids is 1. The van der Waals surface area contributed by atoms with Gasteiger partial charge in [0.05, 0.1) is 7.11 Å². The summed E-state index contributed by atoms with van der Waals surface area (Å²) in [6.07, 6.45) is 6.03. The van der Waals surface area contributed by atoms with E-state index in [4.69, 9.17) is 4.74 Å². The second-order valence-corrected chi connectivity index (χ2v) is 9.72. The van der Waals surface area contributed by atoms with E-state index >= 15 is 0 Å². The molecule has 0 heterocycles. The highest BCUT2D eigenvalue weighted by molar-refractivity contribution is 7.97. The first kappa shape index (κ1) is 23.1. The van der Waals surface area contributed by atoms with Crippen molar-refractivity contribution in [3.05, 3.63) is 24.3 Å². The summed E-state index contributed by atoms with van der Waals surface area (Å²) in [4.78, 5) is 14.1. The maximum Gasteiger partial charge on any atom is 0.240 e. The van der Waals surface area contributed by atoms with Crippen LogP contribution in [0.25, 0.3) is 0 Å². The van der Waals surface area contributed by atoms with Crippen molar-refractivity contribution in [1.29, 1.82) is 0 Å². The van der Waals surface area contributed by atoms with Crippen molar-refractivity contribution in [2.75, 3.05) is 7.11 Å². The number of benzene rings is 1. The van der Waals surface area contributed by atoms with Crippen LogP contribution in [0.3, 0.4) is 0 Å². The summed E-state index contributed by atoms with van der Waals surface area (Å²) in [7, 11) is 1.66.